The number of aliphatic hydroxyl groups is 1. The first-order valence-electron chi connectivity index (χ1n) is 9.46. The first kappa shape index (κ1) is 19.4. The highest BCUT2D eigenvalue weighted by atomic mass is 16.5. The Kier molecular flexibility index (Phi) is 6.14. The number of aliphatic hydroxyl groups excluding tert-OH is 1. The van der Waals surface area contributed by atoms with Crippen LogP contribution in [0.25, 0.3) is 0 Å². The van der Waals surface area contributed by atoms with Crippen molar-refractivity contribution in [1.29, 1.82) is 0 Å². The van der Waals surface area contributed by atoms with Gasteiger partial charge in [0.25, 0.3) is 0 Å². The average molecular weight is 368 g/mol. The van der Waals surface area contributed by atoms with Crippen LogP contribution in [0.15, 0.2) is 54.6 Å². The van der Waals surface area contributed by atoms with Crippen LogP contribution in [0.1, 0.15) is 25.3 Å². The third kappa shape index (κ3) is 4.31. The number of nitrogens with one attached hydrogen (secondary N) is 1. The van der Waals surface area contributed by atoms with Crippen molar-refractivity contribution in [1.82, 2.24) is 5.32 Å². The van der Waals surface area contributed by atoms with Crippen molar-refractivity contribution >= 4 is 11.5 Å². The standard InChI is InChI=1S/C22H28N2O3/c1-16(25)22(17-5-3-2-4-6-17)11-12-24-14-18(22)13-20(26)15-27-21-9-7-19(23)8-10-21/h2-10,18,20,24,26H,11-15,23H2,1H3/t18-,20-,22-/m1/s1. The second kappa shape index (κ2) is 8.55. The molecule has 4 N–H and O–H groups in total. The third-order valence-corrected chi connectivity index (χ3v) is 5.58. The molecule has 0 aromatic heterocycles. The van der Waals surface area contributed by atoms with Crippen molar-refractivity contribution in [3.8, 4) is 5.75 Å². The van der Waals surface area contributed by atoms with E-state index < -0.39 is 11.5 Å². The van der Waals surface area contributed by atoms with Crippen molar-refractivity contribution in [3.63, 3.8) is 0 Å². The van der Waals surface area contributed by atoms with E-state index in [9.17, 15) is 9.90 Å². The minimum absolute atomic E-state index is 0.0103. The molecule has 3 rings (SSSR count). The Balaban J connectivity index is 1.72. The van der Waals surface area contributed by atoms with Gasteiger partial charge in [-0.15, -0.1) is 0 Å². The molecule has 27 heavy (non-hydrogen) atoms. The summed E-state index contributed by atoms with van der Waals surface area (Å²) < 4.78 is 5.69. The van der Waals surface area contributed by atoms with Crippen LogP contribution in [0.5, 0.6) is 5.75 Å². The minimum atomic E-state index is -0.658. The number of hydrogen-bond acceptors (Lipinski definition) is 5. The molecule has 2 aromatic rings. The van der Waals surface area contributed by atoms with E-state index in [0.717, 1.165) is 18.5 Å². The number of rotatable bonds is 7. The van der Waals surface area contributed by atoms with Crippen LogP contribution in [0.4, 0.5) is 5.69 Å². The van der Waals surface area contributed by atoms with Gasteiger partial charge in [-0.25, -0.2) is 0 Å². The number of anilines is 1. The predicted octanol–water partition coefficient (Wildman–Crippen LogP) is 2.54. The van der Waals surface area contributed by atoms with E-state index in [1.165, 1.54) is 0 Å². The quantitative estimate of drug-likeness (QED) is 0.654. The Hall–Kier alpha value is -2.37. The molecule has 0 amide bonds. The number of nitrogens with two attached hydrogens (primary N) is 1. The van der Waals surface area contributed by atoms with Gasteiger partial charge in [-0.2, -0.15) is 0 Å². The summed E-state index contributed by atoms with van der Waals surface area (Å²) in [5.41, 5.74) is 6.82. The maximum Gasteiger partial charge on any atom is 0.140 e. The van der Waals surface area contributed by atoms with Crippen LogP contribution in [0.2, 0.25) is 0 Å². The Bertz CT molecular complexity index is 748. The summed E-state index contributed by atoms with van der Waals surface area (Å²) in [4.78, 5) is 12.8. The van der Waals surface area contributed by atoms with Gasteiger partial charge >= 0.3 is 0 Å². The van der Waals surface area contributed by atoms with E-state index >= 15 is 0 Å². The number of piperidine rings is 1. The molecule has 144 valence electrons. The maximum atomic E-state index is 12.8. The van der Waals surface area contributed by atoms with Gasteiger partial charge in [-0.05, 0) is 68.6 Å². The highest BCUT2D eigenvalue weighted by molar-refractivity contribution is 5.88. The highest BCUT2D eigenvalue weighted by Gasteiger charge is 2.46. The number of ether oxygens (including phenoxy) is 1. The normalized spacial score (nSPS) is 23.6. The van der Waals surface area contributed by atoms with E-state index in [1.807, 2.05) is 30.3 Å². The number of Topliss-reactive ketones (excluding diaryl/α,β-unsaturated/α-hetero) is 1. The van der Waals surface area contributed by atoms with Gasteiger partial charge in [-0.1, -0.05) is 30.3 Å². The van der Waals surface area contributed by atoms with Crippen molar-refractivity contribution in [3.05, 3.63) is 60.2 Å². The fourth-order valence-electron chi connectivity index (χ4n) is 4.16. The van der Waals surface area contributed by atoms with Crippen LogP contribution < -0.4 is 15.8 Å². The molecule has 0 radical (unpaired) electrons. The van der Waals surface area contributed by atoms with Crippen molar-refractivity contribution in [2.24, 2.45) is 5.92 Å². The Morgan fingerprint density at radius 3 is 2.63 bits per heavy atom. The van der Waals surface area contributed by atoms with E-state index in [4.69, 9.17) is 10.5 Å². The minimum Gasteiger partial charge on any atom is -0.491 e. The average Bonchev–Trinajstić information content (AvgIpc) is 2.68. The molecule has 3 atom stereocenters. The predicted molar refractivity (Wildman–Crippen MR) is 107 cm³/mol. The fraction of sp³-hybridized carbons (Fsp3) is 0.409. The summed E-state index contributed by atoms with van der Waals surface area (Å²) in [7, 11) is 0. The summed E-state index contributed by atoms with van der Waals surface area (Å²) in [5.74, 6) is 0.842. The summed E-state index contributed by atoms with van der Waals surface area (Å²) in [5, 5.41) is 14.0. The van der Waals surface area contributed by atoms with Gasteiger partial charge in [0.15, 0.2) is 0 Å². The number of benzene rings is 2. The lowest BCUT2D eigenvalue weighted by Crippen LogP contribution is -2.53. The zero-order valence-electron chi connectivity index (χ0n) is 15.7. The van der Waals surface area contributed by atoms with Crippen LogP contribution in [-0.2, 0) is 10.2 Å². The molecule has 5 nitrogen and oxygen atoms in total. The van der Waals surface area contributed by atoms with Crippen LogP contribution in [0.3, 0.4) is 0 Å². The van der Waals surface area contributed by atoms with Gasteiger partial charge in [0.05, 0.1) is 11.5 Å². The Labute approximate surface area is 160 Å². The number of ketones is 1. The van der Waals surface area contributed by atoms with E-state index in [-0.39, 0.29) is 18.3 Å². The topological polar surface area (TPSA) is 84.6 Å². The smallest absolute Gasteiger partial charge is 0.140 e. The second-order valence-electron chi connectivity index (χ2n) is 7.31. The molecular weight excluding hydrogens is 340 g/mol. The molecule has 1 aliphatic rings. The molecule has 1 fully saturated rings. The molecule has 1 saturated heterocycles. The Morgan fingerprint density at radius 2 is 1.96 bits per heavy atom. The van der Waals surface area contributed by atoms with Gasteiger partial charge in [0.1, 0.15) is 18.1 Å². The molecule has 0 spiro atoms. The van der Waals surface area contributed by atoms with E-state index in [2.05, 4.69) is 5.32 Å². The maximum absolute atomic E-state index is 12.8. The second-order valence-corrected chi connectivity index (χ2v) is 7.31. The number of hydrogen-bond donors (Lipinski definition) is 3. The van der Waals surface area contributed by atoms with Gasteiger partial charge < -0.3 is 20.9 Å². The first-order valence-corrected chi connectivity index (χ1v) is 9.46. The molecule has 0 bridgehead atoms. The lowest BCUT2D eigenvalue weighted by atomic mass is 9.62. The van der Waals surface area contributed by atoms with Crippen LogP contribution in [-0.4, -0.2) is 36.7 Å². The zero-order valence-corrected chi connectivity index (χ0v) is 15.7. The molecule has 0 unspecified atom stereocenters. The highest BCUT2D eigenvalue weighted by Crippen LogP contribution is 2.41. The molecule has 0 aliphatic carbocycles. The molecule has 2 aromatic carbocycles. The first-order chi connectivity index (χ1) is 13.0. The van der Waals surface area contributed by atoms with Gasteiger partial charge in [0, 0.05) is 5.69 Å². The molecular formula is C22H28N2O3. The Morgan fingerprint density at radius 1 is 1.26 bits per heavy atom. The van der Waals surface area contributed by atoms with E-state index in [0.29, 0.717) is 24.4 Å². The monoisotopic (exact) mass is 368 g/mol. The van der Waals surface area contributed by atoms with Crippen molar-refractivity contribution < 1.29 is 14.6 Å². The zero-order chi connectivity index (χ0) is 19.3. The summed E-state index contributed by atoms with van der Waals surface area (Å²) in [6.07, 6.45) is 0.578. The van der Waals surface area contributed by atoms with E-state index in [1.54, 1.807) is 31.2 Å². The van der Waals surface area contributed by atoms with Crippen molar-refractivity contribution in [2.75, 3.05) is 25.4 Å². The number of carbonyl (C=O) groups excluding carboxylic acids is 1. The van der Waals surface area contributed by atoms with Gasteiger partial charge in [0.2, 0.25) is 0 Å². The molecule has 0 saturated carbocycles. The lowest BCUT2D eigenvalue weighted by Gasteiger charge is -2.44. The molecule has 1 heterocycles. The fourth-order valence-corrected chi connectivity index (χ4v) is 4.16. The number of nitrogen functional groups attached to an aromatic ring is 1. The lowest BCUT2D eigenvalue weighted by molar-refractivity contribution is -0.126. The summed E-state index contributed by atoms with van der Waals surface area (Å²) in [6, 6.07) is 17.1. The largest absolute Gasteiger partial charge is 0.491 e. The third-order valence-electron chi connectivity index (χ3n) is 5.58. The molecule has 5 heteroatoms. The van der Waals surface area contributed by atoms with Crippen LogP contribution in [0, 0.1) is 5.92 Å². The van der Waals surface area contributed by atoms with Gasteiger partial charge in [-0.3, -0.25) is 4.79 Å². The number of carbonyl (C=O) groups is 1. The van der Waals surface area contributed by atoms with Crippen LogP contribution >= 0.6 is 0 Å². The summed E-state index contributed by atoms with van der Waals surface area (Å²) in [6.45, 7) is 3.35. The summed E-state index contributed by atoms with van der Waals surface area (Å²) >= 11 is 0. The SMILES string of the molecule is CC(=O)[C@@]1(c2ccccc2)CCNC[C@H]1C[C@@H](O)COc1ccc(N)cc1. The van der Waals surface area contributed by atoms with Crippen molar-refractivity contribution in [2.45, 2.75) is 31.3 Å². The molecule has 1 aliphatic heterocycles.